The number of Topliss-reactive ketones (excluding diaryl/α,β-unsaturated/α-hetero) is 1. The summed E-state index contributed by atoms with van der Waals surface area (Å²) in [6.45, 7) is 7.48. The number of aryl methyl sites for hydroxylation is 1. The first-order chi connectivity index (χ1) is 12.1. The largest absolute Gasteiger partial charge is 0.507 e. The van der Waals surface area contributed by atoms with Crippen LogP contribution in [-0.2, 0) is 10.2 Å². The van der Waals surface area contributed by atoms with Gasteiger partial charge in [0.05, 0.1) is 18.2 Å². The normalized spacial score (nSPS) is 20.3. The number of phenolic OH excluding ortho intramolecular Hbond substituents is 2. The van der Waals surface area contributed by atoms with Gasteiger partial charge in [-0.05, 0) is 25.5 Å². The van der Waals surface area contributed by atoms with Gasteiger partial charge in [0.1, 0.15) is 23.4 Å². The third kappa shape index (κ3) is 1.69. The molecule has 1 aliphatic heterocycles. The van der Waals surface area contributed by atoms with Gasteiger partial charge in [0.2, 0.25) is 11.5 Å². The molecule has 1 unspecified atom stereocenters. The van der Waals surface area contributed by atoms with Crippen molar-refractivity contribution >= 4 is 22.3 Å². The van der Waals surface area contributed by atoms with Crippen LogP contribution in [0.3, 0.4) is 0 Å². The maximum Gasteiger partial charge on any atom is 0.235 e. The van der Waals surface area contributed by atoms with Crippen molar-refractivity contribution in [3.05, 3.63) is 34.1 Å². The number of aromatic hydroxyl groups is 2. The molecule has 1 aliphatic carbocycles. The minimum atomic E-state index is -0.648. The summed E-state index contributed by atoms with van der Waals surface area (Å²) in [5.74, 6) is -1.21. The summed E-state index contributed by atoms with van der Waals surface area (Å²) in [6, 6.07) is 1.49. The van der Waals surface area contributed by atoms with Gasteiger partial charge in [-0.1, -0.05) is 13.8 Å². The molecule has 3 N–H and O–H groups in total. The number of ether oxygens (including phenoxy) is 2. The van der Waals surface area contributed by atoms with Gasteiger partial charge in [-0.2, -0.15) is 0 Å². The van der Waals surface area contributed by atoms with Crippen LogP contribution < -0.4 is 4.74 Å². The van der Waals surface area contributed by atoms with Crippen molar-refractivity contribution in [2.45, 2.75) is 39.2 Å². The van der Waals surface area contributed by atoms with Crippen LogP contribution in [0.2, 0.25) is 0 Å². The van der Waals surface area contributed by atoms with E-state index in [9.17, 15) is 20.1 Å². The number of ketones is 1. The molecular weight excluding hydrogens is 336 g/mol. The molecule has 0 saturated heterocycles. The molecule has 1 heterocycles. The van der Waals surface area contributed by atoms with Crippen LogP contribution in [-0.4, -0.2) is 34.3 Å². The molecule has 2 aromatic rings. The zero-order valence-corrected chi connectivity index (χ0v) is 15.2. The fraction of sp³-hybridized carbons (Fsp3) is 0.350. The van der Waals surface area contributed by atoms with E-state index in [1.165, 1.54) is 13.2 Å². The van der Waals surface area contributed by atoms with Crippen molar-refractivity contribution in [1.82, 2.24) is 0 Å². The highest BCUT2D eigenvalue weighted by Crippen LogP contribution is 2.57. The average molecular weight is 356 g/mol. The predicted molar refractivity (Wildman–Crippen MR) is 96.0 cm³/mol. The van der Waals surface area contributed by atoms with Gasteiger partial charge in [-0.15, -0.1) is 0 Å². The van der Waals surface area contributed by atoms with E-state index in [-0.39, 0.29) is 40.2 Å². The second-order valence-electron chi connectivity index (χ2n) is 7.46. The van der Waals surface area contributed by atoms with Crippen molar-refractivity contribution in [3.8, 4) is 17.2 Å². The zero-order chi connectivity index (χ0) is 19.1. The Hall–Kier alpha value is -2.89. The fourth-order valence-electron chi connectivity index (χ4n) is 4.05. The van der Waals surface area contributed by atoms with Gasteiger partial charge in [-0.3, -0.25) is 4.79 Å². The van der Waals surface area contributed by atoms with Crippen LogP contribution in [0.1, 0.15) is 47.8 Å². The topological polar surface area (TPSA) is 96.2 Å². The maximum atomic E-state index is 13.0. The molecule has 0 amide bonds. The van der Waals surface area contributed by atoms with E-state index in [0.29, 0.717) is 21.9 Å². The van der Waals surface area contributed by atoms with Crippen molar-refractivity contribution < 1.29 is 29.6 Å². The van der Waals surface area contributed by atoms with Crippen molar-refractivity contribution in [2.75, 3.05) is 7.11 Å². The first kappa shape index (κ1) is 16.6. The molecule has 4 rings (SSSR count). The Balaban J connectivity index is 2.32. The lowest BCUT2D eigenvalue weighted by atomic mass is 9.77. The second-order valence-corrected chi connectivity index (χ2v) is 7.46. The van der Waals surface area contributed by atoms with E-state index < -0.39 is 17.0 Å². The highest BCUT2D eigenvalue weighted by molar-refractivity contribution is 6.26. The molecule has 1 atom stereocenters. The molecule has 2 aliphatic rings. The van der Waals surface area contributed by atoms with E-state index in [1.807, 2.05) is 20.8 Å². The summed E-state index contributed by atoms with van der Waals surface area (Å²) in [4.78, 5) is 13.0. The Bertz CT molecular complexity index is 1040. The number of carbonyl (C=O) groups excluding carboxylic acids is 1. The predicted octanol–water partition coefficient (Wildman–Crippen LogP) is 3.69. The van der Waals surface area contributed by atoms with E-state index in [2.05, 4.69) is 0 Å². The van der Waals surface area contributed by atoms with Gasteiger partial charge in [0.25, 0.3) is 0 Å². The van der Waals surface area contributed by atoms with Crippen LogP contribution >= 0.6 is 0 Å². The smallest absolute Gasteiger partial charge is 0.235 e. The number of rotatable bonds is 1. The zero-order valence-electron chi connectivity index (χ0n) is 15.2. The lowest BCUT2D eigenvalue weighted by Gasteiger charge is -2.25. The Labute approximate surface area is 150 Å². The molecule has 6 nitrogen and oxygen atoms in total. The highest BCUT2D eigenvalue weighted by atomic mass is 16.5. The second kappa shape index (κ2) is 4.84. The summed E-state index contributed by atoms with van der Waals surface area (Å²) in [5, 5.41) is 32.8. The van der Waals surface area contributed by atoms with Crippen molar-refractivity contribution in [3.63, 3.8) is 0 Å². The van der Waals surface area contributed by atoms with Crippen LogP contribution in [0.5, 0.6) is 17.2 Å². The molecule has 136 valence electrons. The molecule has 6 heteroatoms. The van der Waals surface area contributed by atoms with Crippen LogP contribution in [0, 0.1) is 6.92 Å². The number of phenols is 2. The number of fused-ring (bicyclic) bond motifs is 2. The number of aliphatic hydroxyl groups excluding tert-OH is 1. The van der Waals surface area contributed by atoms with Gasteiger partial charge < -0.3 is 24.8 Å². The number of allylic oxidation sites excluding steroid dienone is 1. The Kier molecular flexibility index (Phi) is 3.09. The summed E-state index contributed by atoms with van der Waals surface area (Å²) < 4.78 is 11.1. The summed E-state index contributed by atoms with van der Waals surface area (Å²) in [7, 11) is 1.31. The molecule has 0 radical (unpaired) electrons. The number of hydrogen-bond acceptors (Lipinski definition) is 6. The van der Waals surface area contributed by atoms with Gasteiger partial charge in [-0.25, -0.2) is 0 Å². The van der Waals surface area contributed by atoms with Gasteiger partial charge in [0, 0.05) is 21.8 Å². The van der Waals surface area contributed by atoms with E-state index in [0.717, 1.165) is 0 Å². The third-order valence-electron chi connectivity index (χ3n) is 5.73. The lowest BCUT2D eigenvalue weighted by molar-refractivity contribution is 0.0966. The summed E-state index contributed by atoms with van der Waals surface area (Å²) >= 11 is 0. The standard InChI is InChI=1S/C20H20O6/c1-7-6-9(21)11-12-10(7)15(22)14-18(26-8(2)20(14,3)4)13(12)16(23)17(24)19(11)25-5/h6,8,21-22,24H,1-5H3. The number of aliphatic hydroxyl groups is 1. The number of benzene rings is 2. The van der Waals surface area contributed by atoms with E-state index in [1.54, 1.807) is 6.92 Å². The monoisotopic (exact) mass is 356 g/mol. The molecule has 26 heavy (non-hydrogen) atoms. The van der Waals surface area contributed by atoms with Crippen LogP contribution in [0.15, 0.2) is 11.8 Å². The van der Waals surface area contributed by atoms with Gasteiger partial charge in [0.15, 0.2) is 5.76 Å². The number of carbonyl (C=O) groups is 1. The summed E-state index contributed by atoms with van der Waals surface area (Å²) in [5.41, 5.74) is 0.948. The maximum absolute atomic E-state index is 13.0. The van der Waals surface area contributed by atoms with E-state index >= 15 is 0 Å². The number of hydrogen-bond donors (Lipinski definition) is 3. The minimum Gasteiger partial charge on any atom is -0.507 e. The Morgan fingerprint density at radius 3 is 2.42 bits per heavy atom. The molecular formula is C20H20O6. The van der Waals surface area contributed by atoms with Crippen LogP contribution in [0.4, 0.5) is 0 Å². The van der Waals surface area contributed by atoms with Crippen molar-refractivity contribution in [2.24, 2.45) is 0 Å². The molecule has 0 spiro atoms. The highest BCUT2D eigenvalue weighted by Gasteiger charge is 2.47. The first-order valence-corrected chi connectivity index (χ1v) is 8.37. The Morgan fingerprint density at radius 2 is 1.81 bits per heavy atom. The first-order valence-electron chi connectivity index (χ1n) is 8.37. The average Bonchev–Trinajstić information content (AvgIpc) is 2.79. The lowest BCUT2D eigenvalue weighted by Crippen LogP contribution is -2.28. The minimum absolute atomic E-state index is 0.0245. The molecule has 0 saturated carbocycles. The Morgan fingerprint density at radius 1 is 1.15 bits per heavy atom. The number of methoxy groups -OCH3 is 1. The molecule has 0 aromatic heterocycles. The van der Waals surface area contributed by atoms with Crippen molar-refractivity contribution in [1.29, 1.82) is 0 Å². The summed E-state index contributed by atoms with van der Waals surface area (Å²) in [6.07, 6.45) is -0.281. The van der Waals surface area contributed by atoms with Crippen LogP contribution in [0.25, 0.3) is 16.5 Å². The van der Waals surface area contributed by atoms with E-state index in [4.69, 9.17) is 9.47 Å². The third-order valence-corrected chi connectivity index (χ3v) is 5.73. The van der Waals surface area contributed by atoms with Gasteiger partial charge >= 0.3 is 0 Å². The SMILES string of the molecule is COC1=C(O)C(=O)c2c3c(c(O)c4c(C)cc(O)c1c24)C(C)(C)C(C)O3. The fourth-order valence-corrected chi connectivity index (χ4v) is 4.05. The molecule has 0 bridgehead atoms. The quantitative estimate of drug-likeness (QED) is 0.721. The molecule has 0 fully saturated rings. The molecule has 2 aromatic carbocycles.